The number of nitrogens with one attached hydrogen (secondary N) is 1. The summed E-state index contributed by atoms with van der Waals surface area (Å²) in [5.74, 6) is -0.475. The summed E-state index contributed by atoms with van der Waals surface area (Å²) in [6, 6.07) is 3.84. The molecular formula is C13H18BrFN4. The summed E-state index contributed by atoms with van der Waals surface area (Å²) in [6.07, 6.45) is 1.03. The molecule has 0 amide bonds. The average molecular weight is 329 g/mol. The largest absolute Gasteiger partial charge is 0.384 e. The monoisotopic (exact) mass is 328 g/mol. The zero-order valence-electron chi connectivity index (χ0n) is 11.1. The van der Waals surface area contributed by atoms with E-state index in [2.05, 4.69) is 20.8 Å². The Kier molecular flexibility index (Phi) is 4.10. The van der Waals surface area contributed by atoms with Crippen molar-refractivity contribution in [1.82, 2.24) is 4.90 Å². The Bertz CT molecular complexity index is 504. The van der Waals surface area contributed by atoms with E-state index in [4.69, 9.17) is 11.1 Å². The number of nitrogen functional groups attached to an aromatic ring is 1. The number of nitrogens with zero attached hydrogens (tertiary/aromatic N) is 2. The number of benzene rings is 1. The van der Waals surface area contributed by atoms with Crippen LogP contribution in [-0.2, 0) is 0 Å². The van der Waals surface area contributed by atoms with Gasteiger partial charge in [0.1, 0.15) is 5.84 Å². The van der Waals surface area contributed by atoms with Gasteiger partial charge in [-0.05, 0) is 48.6 Å². The first kappa shape index (κ1) is 14.3. The Morgan fingerprint density at radius 2 is 2.21 bits per heavy atom. The first-order chi connectivity index (χ1) is 8.91. The number of hydrogen-bond acceptors (Lipinski definition) is 3. The number of amidine groups is 1. The van der Waals surface area contributed by atoms with Crippen LogP contribution in [0.15, 0.2) is 16.6 Å². The van der Waals surface area contributed by atoms with Gasteiger partial charge in [-0.25, -0.2) is 4.39 Å². The number of halogens is 2. The fourth-order valence-corrected chi connectivity index (χ4v) is 2.92. The number of anilines is 1. The Balaban J connectivity index is 2.28. The van der Waals surface area contributed by atoms with E-state index in [0.717, 1.165) is 19.5 Å². The van der Waals surface area contributed by atoms with E-state index in [1.165, 1.54) is 0 Å². The molecule has 1 aromatic rings. The standard InChI is InChI=1S/C13H18BrFN4/c1-18(2)8-5-6-19(7-8)10-4-3-9(13(16)17)11(14)12(10)15/h3-4,8H,5-7H2,1-2H3,(H3,16,17). The molecule has 0 aromatic heterocycles. The minimum absolute atomic E-state index is 0.134. The number of hydrogen-bond donors (Lipinski definition) is 2. The maximum Gasteiger partial charge on any atom is 0.161 e. The summed E-state index contributed by atoms with van der Waals surface area (Å²) in [5, 5.41) is 7.40. The average Bonchev–Trinajstić information content (AvgIpc) is 2.81. The second kappa shape index (κ2) is 5.46. The summed E-state index contributed by atoms with van der Waals surface area (Å²) in [6.45, 7) is 1.65. The number of nitrogens with two attached hydrogens (primary N) is 1. The molecule has 1 atom stereocenters. The Morgan fingerprint density at radius 3 is 2.74 bits per heavy atom. The molecule has 1 aromatic carbocycles. The van der Waals surface area contributed by atoms with E-state index in [9.17, 15) is 4.39 Å². The van der Waals surface area contributed by atoms with Crippen molar-refractivity contribution in [2.75, 3.05) is 32.1 Å². The van der Waals surface area contributed by atoms with Crippen LogP contribution in [0.3, 0.4) is 0 Å². The van der Waals surface area contributed by atoms with Crippen LogP contribution in [0, 0.1) is 11.2 Å². The van der Waals surface area contributed by atoms with Gasteiger partial charge >= 0.3 is 0 Å². The molecule has 0 radical (unpaired) electrons. The Labute approximate surface area is 121 Å². The quantitative estimate of drug-likeness (QED) is 0.659. The van der Waals surface area contributed by atoms with Gasteiger partial charge in [-0.2, -0.15) is 0 Å². The lowest BCUT2D eigenvalue weighted by Gasteiger charge is -2.23. The van der Waals surface area contributed by atoms with E-state index in [0.29, 0.717) is 17.3 Å². The maximum atomic E-state index is 14.3. The van der Waals surface area contributed by atoms with E-state index < -0.39 is 0 Å². The number of likely N-dealkylation sites (N-methyl/N-ethyl adjacent to an activating group) is 1. The van der Waals surface area contributed by atoms with Gasteiger partial charge in [0.15, 0.2) is 5.82 Å². The molecule has 19 heavy (non-hydrogen) atoms. The Hall–Kier alpha value is -1.14. The van der Waals surface area contributed by atoms with Crippen molar-refractivity contribution in [3.05, 3.63) is 28.0 Å². The SMILES string of the molecule is CN(C)C1CCN(c2ccc(C(=N)N)c(Br)c2F)C1. The lowest BCUT2D eigenvalue weighted by molar-refractivity contribution is 0.315. The molecule has 1 fully saturated rings. The smallest absolute Gasteiger partial charge is 0.161 e. The highest BCUT2D eigenvalue weighted by molar-refractivity contribution is 9.10. The molecule has 0 saturated carbocycles. The van der Waals surface area contributed by atoms with Gasteiger partial charge < -0.3 is 15.5 Å². The summed E-state index contributed by atoms with van der Waals surface area (Å²) < 4.78 is 14.6. The van der Waals surface area contributed by atoms with Crippen LogP contribution in [0.5, 0.6) is 0 Å². The topological polar surface area (TPSA) is 56.4 Å². The molecule has 104 valence electrons. The van der Waals surface area contributed by atoms with Crippen LogP contribution in [0.2, 0.25) is 0 Å². The molecule has 1 saturated heterocycles. The van der Waals surface area contributed by atoms with E-state index in [1.54, 1.807) is 12.1 Å². The molecule has 6 heteroatoms. The van der Waals surface area contributed by atoms with Gasteiger partial charge in [0.2, 0.25) is 0 Å². The van der Waals surface area contributed by atoms with Crippen molar-refractivity contribution in [2.24, 2.45) is 5.73 Å². The van der Waals surface area contributed by atoms with Crippen molar-refractivity contribution in [1.29, 1.82) is 5.41 Å². The summed E-state index contributed by atoms with van der Waals surface area (Å²) in [5.41, 5.74) is 6.38. The highest BCUT2D eigenvalue weighted by Gasteiger charge is 2.27. The predicted molar refractivity (Wildman–Crippen MR) is 79.4 cm³/mol. The number of rotatable bonds is 3. The highest BCUT2D eigenvalue weighted by Crippen LogP contribution is 2.31. The van der Waals surface area contributed by atoms with Crippen molar-refractivity contribution in [2.45, 2.75) is 12.5 Å². The van der Waals surface area contributed by atoms with Crippen molar-refractivity contribution in [3.63, 3.8) is 0 Å². The fraction of sp³-hybridized carbons (Fsp3) is 0.462. The molecule has 4 nitrogen and oxygen atoms in total. The molecule has 2 rings (SSSR count). The van der Waals surface area contributed by atoms with Gasteiger partial charge in [0, 0.05) is 24.7 Å². The zero-order valence-corrected chi connectivity index (χ0v) is 12.7. The third-order valence-electron chi connectivity index (χ3n) is 3.59. The lowest BCUT2D eigenvalue weighted by atomic mass is 10.1. The summed E-state index contributed by atoms with van der Waals surface area (Å²) >= 11 is 3.19. The van der Waals surface area contributed by atoms with Crippen LogP contribution in [0.1, 0.15) is 12.0 Å². The highest BCUT2D eigenvalue weighted by atomic mass is 79.9. The minimum atomic E-state index is -0.341. The third-order valence-corrected chi connectivity index (χ3v) is 4.36. The minimum Gasteiger partial charge on any atom is -0.384 e. The molecule has 1 unspecified atom stereocenters. The van der Waals surface area contributed by atoms with Crippen LogP contribution >= 0.6 is 15.9 Å². The predicted octanol–water partition coefficient (Wildman–Crippen LogP) is 2.01. The van der Waals surface area contributed by atoms with Gasteiger partial charge in [-0.3, -0.25) is 5.41 Å². The van der Waals surface area contributed by atoms with Gasteiger partial charge in [-0.1, -0.05) is 0 Å². The zero-order chi connectivity index (χ0) is 14.2. The third kappa shape index (κ3) is 2.74. The molecule has 0 spiro atoms. The van der Waals surface area contributed by atoms with Crippen molar-refractivity contribution >= 4 is 27.5 Å². The molecular weight excluding hydrogens is 311 g/mol. The van der Waals surface area contributed by atoms with Gasteiger partial charge in [0.05, 0.1) is 10.2 Å². The molecule has 0 bridgehead atoms. The second-order valence-corrected chi connectivity index (χ2v) is 5.82. The molecule has 3 N–H and O–H groups in total. The molecule has 0 aliphatic carbocycles. The molecule has 1 heterocycles. The van der Waals surface area contributed by atoms with E-state index >= 15 is 0 Å². The summed E-state index contributed by atoms with van der Waals surface area (Å²) in [7, 11) is 4.08. The van der Waals surface area contributed by atoms with E-state index in [1.807, 2.05) is 19.0 Å². The molecule has 1 aliphatic heterocycles. The normalized spacial score (nSPS) is 19.2. The first-order valence-corrected chi connectivity index (χ1v) is 6.95. The van der Waals surface area contributed by atoms with Crippen molar-refractivity contribution in [3.8, 4) is 0 Å². The molecule has 1 aliphatic rings. The lowest BCUT2D eigenvalue weighted by Crippen LogP contribution is -2.31. The van der Waals surface area contributed by atoms with Crippen molar-refractivity contribution < 1.29 is 4.39 Å². The van der Waals surface area contributed by atoms with Gasteiger partial charge in [-0.15, -0.1) is 0 Å². The van der Waals surface area contributed by atoms with Crippen LogP contribution in [-0.4, -0.2) is 44.0 Å². The van der Waals surface area contributed by atoms with Crippen LogP contribution < -0.4 is 10.6 Å². The second-order valence-electron chi connectivity index (χ2n) is 5.03. The van der Waals surface area contributed by atoms with E-state index in [-0.39, 0.29) is 16.1 Å². The fourth-order valence-electron chi connectivity index (χ4n) is 2.37. The summed E-state index contributed by atoms with van der Waals surface area (Å²) in [4.78, 5) is 4.20. The maximum absolute atomic E-state index is 14.3. The first-order valence-electron chi connectivity index (χ1n) is 6.15. The Morgan fingerprint density at radius 1 is 1.53 bits per heavy atom. The van der Waals surface area contributed by atoms with Gasteiger partial charge in [0.25, 0.3) is 0 Å². The van der Waals surface area contributed by atoms with Crippen LogP contribution in [0.4, 0.5) is 10.1 Å². The van der Waals surface area contributed by atoms with Crippen LogP contribution in [0.25, 0.3) is 0 Å².